The van der Waals surface area contributed by atoms with Crippen LogP contribution in [0.4, 0.5) is 14.5 Å². The fourth-order valence-corrected chi connectivity index (χ4v) is 1.29. The molecule has 0 radical (unpaired) electrons. The minimum absolute atomic E-state index is 0.0596. The van der Waals surface area contributed by atoms with E-state index in [9.17, 15) is 13.6 Å². The predicted molar refractivity (Wildman–Crippen MR) is 61.1 cm³/mol. The zero-order valence-electron chi connectivity index (χ0n) is 9.45. The van der Waals surface area contributed by atoms with Gasteiger partial charge in [0.1, 0.15) is 17.3 Å². The smallest absolute Gasteiger partial charge is 0.275 e. The Labute approximate surface area is 102 Å². The molecule has 2 aromatic rings. The lowest BCUT2D eigenvalue weighted by Gasteiger charge is -2.05. The van der Waals surface area contributed by atoms with Crippen LogP contribution >= 0.6 is 0 Å². The van der Waals surface area contributed by atoms with Crippen LogP contribution in [0.5, 0.6) is 0 Å². The summed E-state index contributed by atoms with van der Waals surface area (Å²) in [5.74, 6) is -2.16. The lowest BCUT2D eigenvalue weighted by Crippen LogP contribution is -2.15. The molecular formula is C12H9F2N3O. The minimum Gasteiger partial charge on any atom is -0.318 e. The Hall–Kier alpha value is -2.37. The van der Waals surface area contributed by atoms with Gasteiger partial charge in [0.25, 0.3) is 5.91 Å². The highest BCUT2D eigenvalue weighted by molar-refractivity contribution is 6.02. The van der Waals surface area contributed by atoms with Gasteiger partial charge in [0.2, 0.25) is 0 Å². The number of hydrogen-bond acceptors (Lipinski definition) is 3. The SMILES string of the molecule is Cc1cnc(C(=O)Nc2ccc(F)cc2F)cn1. The number of benzene rings is 1. The van der Waals surface area contributed by atoms with Crippen molar-refractivity contribution in [2.75, 3.05) is 5.32 Å². The third-order valence-corrected chi connectivity index (χ3v) is 2.19. The molecule has 1 aromatic heterocycles. The van der Waals surface area contributed by atoms with Gasteiger partial charge >= 0.3 is 0 Å². The first kappa shape index (κ1) is 12.1. The Morgan fingerprint density at radius 3 is 2.61 bits per heavy atom. The first-order chi connectivity index (χ1) is 8.56. The van der Waals surface area contributed by atoms with Gasteiger partial charge in [-0.25, -0.2) is 13.8 Å². The Balaban J connectivity index is 2.18. The lowest BCUT2D eigenvalue weighted by molar-refractivity contribution is 0.102. The van der Waals surface area contributed by atoms with Crippen molar-refractivity contribution in [3.63, 3.8) is 0 Å². The summed E-state index contributed by atoms with van der Waals surface area (Å²) in [4.78, 5) is 19.4. The fraction of sp³-hybridized carbons (Fsp3) is 0.0833. The molecule has 0 aliphatic carbocycles. The zero-order valence-corrected chi connectivity index (χ0v) is 9.45. The van der Waals surface area contributed by atoms with Crippen molar-refractivity contribution in [3.05, 3.63) is 53.6 Å². The summed E-state index contributed by atoms with van der Waals surface area (Å²) in [7, 11) is 0. The highest BCUT2D eigenvalue weighted by Crippen LogP contribution is 2.15. The molecule has 0 spiro atoms. The van der Waals surface area contributed by atoms with Crippen molar-refractivity contribution in [3.8, 4) is 0 Å². The summed E-state index contributed by atoms with van der Waals surface area (Å²) in [6, 6.07) is 2.89. The van der Waals surface area contributed by atoms with Gasteiger partial charge in [0.15, 0.2) is 0 Å². The first-order valence-corrected chi connectivity index (χ1v) is 5.11. The van der Waals surface area contributed by atoms with Crippen LogP contribution in [0.3, 0.4) is 0 Å². The molecule has 0 saturated carbocycles. The maximum atomic E-state index is 13.3. The van der Waals surface area contributed by atoms with Crippen LogP contribution < -0.4 is 5.32 Å². The normalized spacial score (nSPS) is 10.2. The van der Waals surface area contributed by atoms with Crippen molar-refractivity contribution in [1.82, 2.24) is 9.97 Å². The average molecular weight is 249 g/mol. The number of nitrogens with zero attached hydrogens (tertiary/aromatic N) is 2. The van der Waals surface area contributed by atoms with Gasteiger partial charge in [-0.1, -0.05) is 0 Å². The number of rotatable bonds is 2. The van der Waals surface area contributed by atoms with E-state index in [2.05, 4.69) is 15.3 Å². The van der Waals surface area contributed by atoms with E-state index < -0.39 is 17.5 Å². The number of anilines is 1. The molecule has 1 amide bonds. The van der Waals surface area contributed by atoms with Crippen molar-refractivity contribution in [1.29, 1.82) is 0 Å². The average Bonchev–Trinajstić information content (AvgIpc) is 2.33. The number of aryl methyl sites for hydroxylation is 1. The van der Waals surface area contributed by atoms with Crippen LogP contribution in [0.25, 0.3) is 0 Å². The number of carbonyl (C=O) groups excluding carboxylic acids is 1. The highest BCUT2D eigenvalue weighted by Gasteiger charge is 2.11. The number of carbonyl (C=O) groups is 1. The van der Waals surface area contributed by atoms with Gasteiger partial charge in [-0.15, -0.1) is 0 Å². The van der Waals surface area contributed by atoms with E-state index in [1.165, 1.54) is 12.4 Å². The molecule has 0 aliphatic heterocycles. The molecule has 6 heteroatoms. The Morgan fingerprint density at radius 1 is 1.22 bits per heavy atom. The molecular weight excluding hydrogens is 240 g/mol. The number of halogens is 2. The quantitative estimate of drug-likeness (QED) is 0.888. The molecule has 0 saturated heterocycles. The van der Waals surface area contributed by atoms with E-state index in [4.69, 9.17) is 0 Å². The summed E-state index contributed by atoms with van der Waals surface area (Å²) in [5.41, 5.74) is 0.618. The summed E-state index contributed by atoms with van der Waals surface area (Å²) in [6.07, 6.45) is 2.71. The molecule has 92 valence electrons. The summed E-state index contributed by atoms with van der Waals surface area (Å²) in [6.45, 7) is 1.73. The van der Waals surface area contributed by atoms with E-state index in [-0.39, 0.29) is 11.4 Å². The number of nitrogens with one attached hydrogen (secondary N) is 1. The van der Waals surface area contributed by atoms with E-state index in [1.54, 1.807) is 6.92 Å². The van der Waals surface area contributed by atoms with E-state index >= 15 is 0 Å². The first-order valence-electron chi connectivity index (χ1n) is 5.11. The van der Waals surface area contributed by atoms with Crippen molar-refractivity contribution in [2.45, 2.75) is 6.92 Å². The fourth-order valence-electron chi connectivity index (χ4n) is 1.29. The largest absolute Gasteiger partial charge is 0.318 e. The predicted octanol–water partition coefficient (Wildman–Crippen LogP) is 2.32. The molecule has 0 aliphatic rings. The highest BCUT2D eigenvalue weighted by atomic mass is 19.1. The van der Waals surface area contributed by atoms with Gasteiger partial charge in [0, 0.05) is 12.3 Å². The molecule has 0 bridgehead atoms. The third kappa shape index (κ3) is 2.65. The third-order valence-electron chi connectivity index (χ3n) is 2.19. The number of aromatic nitrogens is 2. The van der Waals surface area contributed by atoms with Gasteiger partial charge in [0.05, 0.1) is 17.6 Å². The summed E-state index contributed by atoms with van der Waals surface area (Å²) >= 11 is 0. The molecule has 1 N–H and O–H groups in total. The van der Waals surface area contributed by atoms with Gasteiger partial charge in [-0.2, -0.15) is 0 Å². The van der Waals surface area contributed by atoms with E-state index in [0.717, 1.165) is 12.1 Å². The second-order valence-corrected chi connectivity index (χ2v) is 3.62. The Kier molecular flexibility index (Phi) is 3.27. The maximum absolute atomic E-state index is 13.3. The van der Waals surface area contributed by atoms with Crippen LogP contribution in [-0.4, -0.2) is 15.9 Å². The summed E-state index contributed by atoms with van der Waals surface area (Å²) < 4.78 is 26.0. The molecule has 0 fully saturated rings. The van der Waals surface area contributed by atoms with Crippen LogP contribution in [-0.2, 0) is 0 Å². The maximum Gasteiger partial charge on any atom is 0.275 e. The molecule has 0 atom stereocenters. The Morgan fingerprint density at radius 2 is 2.00 bits per heavy atom. The minimum atomic E-state index is -0.844. The second kappa shape index (κ2) is 4.87. The zero-order chi connectivity index (χ0) is 13.1. The standard InChI is InChI=1S/C12H9F2N3O/c1-7-5-16-11(6-15-7)12(18)17-10-3-2-8(13)4-9(10)14/h2-6H,1H3,(H,17,18). The molecule has 18 heavy (non-hydrogen) atoms. The topological polar surface area (TPSA) is 54.9 Å². The van der Waals surface area contributed by atoms with Crippen LogP contribution in [0.1, 0.15) is 16.2 Å². The second-order valence-electron chi connectivity index (χ2n) is 3.62. The molecule has 4 nitrogen and oxygen atoms in total. The van der Waals surface area contributed by atoms with Crippen molar-refractivity contribution >= 4 is 11.6 Å². The lowest BCUT2D eigenvalue weighted by atomic mass is 10.3. The number of hydrogen-bond donors (Lipinski definition) is 1. The van der Waals surface area contributed by atoms with Crippen molar-refractivity contribution < 1.29 is 13.6 Å². The van der Waals surface area contributed by atoms with Crippen LogP contribution in [0.15, 0.2) is 30.6 Å². The van der Waals surface area contributed by atoms with Gasteiger partial charge in [-0.3, -0.25) is 9.78 Å². The molecule has 1 heterocycles. The van der Waals surface area contributed by atoms with Gasteiger partial charge < -0.3 is 5.32 Å². The van der Waals surface area contributed by atoms with Crippen LogP contribution in [0.2, 0.25) is 0 Å². The number of amides is 1. The van der Waals surface area contributed by atoms with Gasteiger partial charge in [-0.05, 0) is 19.1 Å². The molecule has 2 rings (SSSR count). The van der Waals surface area contributed by atoms with E-state index in [1.807, 2.05) is 0 Å². The van der Waals surface area contributed by atoms with E-state index in [0.29, 0.717) is 11.8 Å². The monoisotopic (exact) mass is 249 g/mol. The molecule has 0 unspecified atom stereocenters. The van der Waals surface area contributed by atoms with Crippen molar-refractivity contribution in [2.24, 2.45) is 0 Å². The van der Waals surface area contributed by atoms with Crippen LogP contribution in [0, 0.1) is 18.6 Å². The summed E-state index contributed by atoms with van der Waals surface area (Å²) in [5, 5.41) is 2.29. The molecule has 1 aromatic carbocycles. The Bertz CT molecular complexity index is 584.